The minimum Gasteiger partial charge on any atom is -0.486 e. The molecule has 0 radical (unpaired) electrons. The summed E-state index contributed by atoms with van der Waals surface area (Å²) in [4.78, 5) is 28.4. The molecule has 1 aliphatic rings. The molecule has 1 atom stereocenters. The van der Waals surface area contributed by atoms with E-state index in [0.717, 1.165) is 21.9 Å². The molecule has 10 heteroatoms. The molecule has 0 saturated heterocycles. The van der Waals surface area contributed by atoms with Crippen LogP contribution in [0.4, 0.5) is 5.69 Å². The molecule has 0 spiro atoms. The SMILES string of the molecule is CCCNC(=O)[C@@H](C)N(Cc1ccc(C)cc1)C(=O)CN(c1ccc2c(c1)OCCO2)S(=O)(=O)c1ccccc1. The van der Waals surface area contributed by atoms with Gasteiger partial charge in [0.2, 0.25) is 11.8 Å². The Hall–Kier alpha value is -4.05. The smallest absolute Gasteiger partial charge is 0.264 e. The number of carbonyl (C=O) groups is 2. The lowest BCUT2D eigenvalue weighted by atomic mass is 10.1. The van der Waals surface area contributed by atoms with E-state index in [-0.39, 0.29) is 23.0 Å². The predicted octanol–water partition coefficient (Wildman–Crippen LogP) is 3.91. The number of carbonyl (C=O) groups excluding carboxylic acids is 2. The van der Waals surface area contributed by atoms with Crippen molar-refractivity contribution in [3.63, 3.8) is 0 Å². The van der Waals surface area contributed by atoms with Crippen LogP contribution < -0.4 is 19.1 Å². The molecule has 0 saturated carbocycles. The fraction of sp³-hybridized carbons (Fsp3) is 0.333. The summed E-state index contributed by atoms with van der Waals surface area (Å²) in [6.45, 7) is 6.37. The molecular weight excluding hydrogens is 530 g/mol. The molecule has 0 aliphatic carbocycles. The van der Waals surface area contributed by atoms with E-state index in [9.17, 15) is 18.0 Å². The van der Waals surface area contributed by atoms with Crippen molar-refractivity contribution in [3.05, 3.63) is 83.9 Å². The highest BCUT2D eigenvalue weighted by atomic mass is 32.2. The van der Waals surface area contributed by atoms with Crippen molar-refractivity contribution in [2.45, 2.75) is 44.7 Å². The molecule has 0 bridgehead atoms. The van der Waals surface area contributed by atoms with Crippen LogP contribution >= 0.6 is 0 Å². The van der Waals surface area contributed by atoms with E-state index < -0.39 is 28.5 Å². The molecular formula is C30H35N3O6S. The van der Waals surface area contributed by atoms with Gasteiger partial charge in [0.25, 0.3) is 10.0 Å². The Labute approximate surface area is 235 Å². The van der Waals surface area contributed by atoms with Crippen LogP contribution in [-0.2, 0) is 26.2 Å². The highest BCUT2D eigenvalue weighted by Gasteiger charge is 2.33. The summed E-state index contributed by atoms with van der Waals surface area (Å²) in [6, 6.07) is 19.5. The summed E-state index contributed by atoms with van der Waals surface area (Å²) in [6.07, 6.45) is 0.748. The number of aryl methyl sites for hydroxylation is 1. The van der Waals surface area contributed by atoms with Crippen LogP contribution in [0.3, 0.4) is 0 Å². The van der Waals surface area contributed by atoms with Crippen LogP contribution in [0.2, 0.25) is 0 Å². The second kappa shape index (κ2) is 12.9. The number of ether oxygens (including phenoxy) is 2. The van der Waals surface area contributed by atoms with Crippen LogP contribution in [0.15, 0.2) is 77.7 Å². The van der Waals surface area contributed by atoms with Crippen molar-refractivity contribution in [1.29, 1.82) is 0 Å². The number of amides is 2. The van der Waals surface area contributed by atoms with Crippen molar-refractivity contribution in [1.82, 2.24) is 10.2 Å². The maximum atomic E-state index is 14.0. The van der Waals surface area contributed by atoms with E-state index in [0.29, 0.717) is 31.3 Å². The molecule has 9 nitrogen and oxygen atoms in total. The number of anilines is 1. The molecule has 3 aromatic carbocycles. The number of nitrogens with zero attached hydrogens (tertiary/aromatic N) is 2. The number of fused-ring (bicyclic) bond motifs is 1. The van der Waals surface area contributed by atoms with Crippen molar-refractivity contribution in [2.24, 2.45) is 0 Å². The molecule has 1 heterocycles. The third kappa shape index (κ3) is 6.74. The van der Waals surface area contributed by atoms with Gasteiger partial charge in [0.15, 0.2) is 11.5 Å². The number of benzene rings is 3. The third-order valence-electron chi connectivity index (χ3n) is 6.61. The lowest BCUT2D eigenvalue weighted by Crippen LogP contribution is -2.51. The van der Waals surface area contributed by atoms with Crippen LogP contribution in [0.5, 0.6) is 11.5 Å². The zero-order valence-electron chi connectivity index (χ0n) is 23.0. The number of rotatable bonds is 11. The Morgan fingerprint density at radius 3 is 2.30 bits per heavy atom. The average Bonchev–Trinajstić information content (AvgIpc) is 2.98. The molecule has 2 amide bonds. The Balaban J connectivity index is 1.71. The molecule has 0 fully saturated rings. The molecule has 40 heavy (non-hydrogen) atoms. The summed E-state index contributed by atoms with van der Waals surface area (Å²) in [5.41, 5.74) is 2.14. The van der Waals surface area contributed by atoms with E-state index in [1.807, 2.05) is 38.1 Å². The monoisotopic (exact) mass is 565 g/mol. The number of nitrogens with one attached hydrogen (secondary N) is 1. The third-order valence-corrected chi connectivity index (χ3v) is 8.40. The predicted molar refractivity (Wildman–Crippen MR) is 153 cm³/mol. The van der Waals surface area contributed by atoms with Crippen LogP contribution in [-0.4, -0.2) is 57.5 Å². The number of sulfonamides is 1. The summed E-state index contributed by atoms with van der Waals surface area (Å²) < 4.78 is 40.2. The molecule has 3 aromatic rings. The molecule has 1 N–H and O–H groups in total. The van der Waals surface area contributed by atoms with Gasteiger partial charge in [-0.2, -0.15) is 0 Å². The van der Waals surface area contributed by atoms with E-state index in [1.165, 1.54) is 17.0 Å². The van der Waals surface area contributed by atoms with Crippen LogP contribution in [0.25, 0.3) is 0 Å². The van der Waals surface area contributed by atoms with Gasteiger partial charge in [0.05, 0.1) is 10.6 Å². The Kier molecular flexibility index (Phi) is 9.31. The van der Waals surface area contributed by atoms with Gasteiger partial charge < -0.3 is 19.7 Å². The largest absolute Gasteiger partial charge is 0.486 e. The number of hydrogen-bond donors (Lipinski definition) is 1. The second-order valence-electron chi connectivity index (χ2n) is 9.63. The first kappa shape index (κ1) is 28.9. The second-order valence-corrected chi connectivity index (χ2v) is 11.5. The van der Waals surface area contributed by atoms with Crippen molar-refractivity contribution in [3.8, 4) is 11.5 Å². The summed E-state index contributed by atoms with van der Waals surface area (Å²) in [5, 5.41) is 2.84. The maximum absolute atomic E-state index is 14.0. The Bertz CT molecular complexity index is 1430. The lowest BCUT2D eigenvalue weighted by molar-refractivity contribution is -0.139. The standard InChI is InChI=1S/C30H35N3O6S/c1-4-16-31-30(35)23(3)32(20-24-12-10-22(2)11-13-24)29(34)21-33(40(36,37)26-8-6-5-7-9-26)25-14-15-27-28(19-25)39-18-17-38-27/h5-15,19,23H,4,16-18,20-21H2,1-3H3,(H,31,35)/t23-/m1/s1. The minimum absolute atomic E-state index is 0.0384. The molecule has 212 valence electrons. The van der Waals surface area contributed by atoms with E-state index in [2.05, 4.69) is 5.32 Å². The van der Waals surface area contributed by atoms with Crippen LogP contribution in [0.1, 0.15) is 31.4 Å². The van der Waals surface area contributed by atoms with Gasteiger partial charge >= 0.3 is 0 Å². The molecule has 1 aliphatic heterocycles. The van der Waals surface area contributed by atoms with Gasteiger partial charge in [-0.05, 0) is 50.1 Å². The Morgan fingerprint density at radius 1 is 0.950 bits per heavy atom. The maximum Gasteiger partial charge on any atom is 0.264 e. The first-order valence-electron chi connectivity index (χ1n) is 13.3. The fourth-order valence-electron chi connectivity index (χ4n) is 4.30. The first-order chi connectivity index (χ1) is 19.2. The van der Waals surface area contributed by atoms with Gasteiger partial charge in [-0.3, -0.25) is 13.9 Å². The normalized spacial score (nSPS) is 13.3. The zero-order chi connectivity index (χ0) is 28.7. The van der Waals surface area contributed by atoms with Gasteiger partial charge in [-0.1, -0.05) is 55.0 Å². The average molecular weight is 566 g/mol. The van der Waals surface area contributed by atoms with Crippen molar-refractivity contribution in [2.75, 3.05) is 30.6 Å². The number of hydrogen-bond acceptors (Lipinski definition) is 6. The molecule has 0 unspecified atom stereocenters. The first-order valence-corrected chi connectivity index (χ1v) is 14.7. The van der Waals surface area contributed by atoms with Gasteiger partial charge in [0.1, 0.15) is 25.8 Å². The fourth-order valence-corrected chi connectivity index (χ4v) is 5.73. The van der Waals surface area contributed by atoms with Gasteiger partial charge in [-0.25, -0.2) is 8.42 Å². The minimum atomic E-state index is -4.16. The highest BCUT2D eigenvalue weighted by molar-refractivity contribution is 7.92. The molecule has 0 aromatic heterocycles. The topological polar surface area (TPSA) is 105 Å². The van der Waals surface area contributed by atoms with Crippen molar-refractivity contribution < 1.29 is 27.5 Å². The van der Waals surface area contributed by atoms with Gasteiger partial charge in [-0.15, -0.1) is 0 Å². The lowest BCUT2D eigenvalue weighted by Gasteiger charge is -2.32. The molecule has 4 rings (SSSR count). The highest BCUT2D eigenvalue weighted by Crippen LogP contribution is 2.36. The van der Waals surface area contributed by atoms with Crippen LogP contribution in [0, 0.1) is 6.92 Å². The van der Waals surface area contributed by atoms with Crippen molar-refractivity contribution >= 4 is 27.5 Å². The summed E-state index contributed by atoms with van der Waals surface area (Å²) >= 11 is 0. The summed E-state index contributed by atoms with van der Waals surface area (Å²) in [5.74, 6) is 0.0714. The van der Waals surface area contributed by atoms with E-state index >= 15 is 0 Å². The van der Waals surface area contributed by atoms with Gasteiger partial charge in [0, 0.05) is 19.2 Å². The van der Waals surface area contributed by atoms with E-state index in [4.69, 9.17) is 9.47 Å². The quantitative estimate of drug-likeness (QED) is 0.378. The summed E-state index contributed by atoms with van der Waals surface area (Å²) in [7, 11) is -4.16. The zero-order valence-corrected chi connectivity index (χ0v) is 23.8. The van der Waals surface area contributed by atoms with E-state index in [1.54, 1.807) is 43.3 Å². The Morgan fingerprint density at radius 2 is 1.62 bits per heavy atom.